The molecule has 0 radical (unpaired) electrons. The highest BCUT2D eigenvalue weighted by molar-refractivity contribution is 5.51. The number of benzene rings is 2. The number of nitriles is 1. The number of aryl methyl sites for hydroxylation is 1. The molecule has 1 heterocycles. The fraction of sp³-hybridized carbons (Fsp3) is 0.278. The Labute approximate surface area is 125 Å². The number of nitrogens with zero attached hydrogens (tertiary/aromatic N) is 2. The quantitative estimate of drug-likeness (QED) is 0.864. The van der Waals surface area contributed by atoms with Gasteiger partial charge in [-0.3, -0.25) is 0 Å². The Morgan fingerprint density at radius 1 is 1.29 bits per heavy atom. The number of rotatable bonds is 3. The van der Waals surface area contributed by atoms with Crippen LogP contribution < -0.4 is 9.64 Å². The molecule has 106 valence electrons. The van der Waals surface area contributed by atoms with Crippen LogP contribution in [0.25, 0.3) is 0 Å². The summed E-state index contributed by atoms with van der Waals surface area (Å²) in [5.41, 5.74) is 4.29. The van der Waals surface area contributed by atoms with E-state index >= 15 is 0 Å². The van der Waals surface area contributed by atoms with Gasteiger partial charge in [-0.25, -0.2) is 0 Å². The first-order valence-electron chi connectivity index (χ1n) is 7.13. The van der Waals surface area contributed by atoms with Crippen LogP contribution >= 0.6 is 0 Å². The van der Waals surface area contributed by atoms with Crippen LogP contribution in [-0.4, -0.2) is 19.7 Å². The second-order valence-corrected chi connectivity index (χ2v) is 5.60. The molecule has 3 rings (SSSR count). The lowest BCUT2D eigenvalue weighted by molar-refractivity contribution is 0.239. The highest BCUT2D eigenvalue weighted by Gasteiger charge is 2.24. The van der Waals surface area contributed by atoms with Crippen LogP contribution in [0.2, 0.25) is 0 Å². The monoisotopic (exact) mass is 278 g/mol. The first-order valence-corrected chi connectivity index (χ1v) is 7.13. The lowest BCUT2D eigenvalue weighted by atomic mass is 10.1. The number of fused-ring (bicyclic) bond motifs is 1. The summed E-state index contributed by atoms with van der Waals surface area (Å²) < 4.78 is 6.00. The van der Waals surface area contributed by atoms with Gasteiger partial charge < -0.3 is 9.64 Å². The van der Waals surface area contributed by atoms with Crippen molar-refractivity contribution in [2.75, 3.05) is 18.5 Å². The summed E-state index contributed by atoms with van der Waals surface area (Å²) in [7, 11) is 2.04. The molecule has 0 saturated carbocycles. The Morgan fingerprint density at radius 3 is 2.95 bits per heavy atom. The van der Waals surface area contributed by atoms with Crippen LogP contribution in [0.5, 0.6) is 5.75 Å². The van der Waals surface area contributed by atoms with Gasteiger partial charge in [0.05, 0.1) is 18.2 Å². The van der Waals surface area contributed by atoms with E-state index in [4.69, 9.17) is 10.00 Å². The molecule has 0 N–H and O–H groups in total. The van der Waals surface area contributed by atoms with Gasteiger partial charge >= 0.3 is 0 Å². The summed E-state index contributed by atoms with van der Waals surface area (Å²) in [4.78, 5) is 2.14. The van der Waals surface area contributed by atoms with E-state index in [-0.39, 0.29) is 6.10 Å². The van der Waals surface area contributed by atoms with Crippen molar-refractivity contribution in [3.8, 4) is 11.8 Å². The van der Waals surface area contributed by atoms with E-state index in [9.17, 15) is 0 Å². The highest BCUT2D eigenvalue weighted by Crippen LogP contribution is 2.30. The minimum atomic E-state index is 0.164. The van der Waals surface area contributed by atoms with Crippen LogP contribution in [0.4, 0.5) is 5.69 Å². The SMILES string of the molecule is Cc1ccc2c(c1)CC(CN(C)c1cccc(C#N)c1)O2. The molecule has 0 aromatic heterocycles. The van der Waals surface area contributed by atoms with E-state index in [1.54, 1.807) is 0 Å². The number of hydrogen-bond donors (Lipinski definition) is 0. The molecule has 3 heteroatoms. The molecule has 0 bridgehead atoms. The number of hydrogen-bond acceptors (Lipinski definition) is 3. The van der Waals surface area contributed by atoms with Gasteiger partial charge in [0.15, 0.2) is 0 Å². The van der Waals surface area contributed by atoms with Crippen molar-refractivity contribution in [2.24, 2.45) is 0 Å². The summed E-state index contributed by atoms with van der Waals surface area (Å²) in [6.07, 6.45) is 1.11. The fourth-order valence-corrected chi connectivity index (χ4v) is 2.77. The number of likely N-dealkylation sites (N-methyl/N-ethyl adjacent to an activating group) is 1. The van der Waals surface area contributed by atoms with Crippen LogP contribution in [0, 0.1) is 18.3 Å². The number of ether oxygens (including phenoxy) is 1. The molecule has 1 aliphatic heterocycles. The van der Waals surface area contributed by atoms with E-state index < -0.39 is 0 Å². The minimum absolute atomic E-state index is 0.164. The van der Waals surface area contributed by atoms with E-state index in [1.165, 1.54) is 11.1 Å². The van der Waals surface area contributed by atoms with E-state index in [1.807, 2.05) is 31.3 Å². The molecule has 1 unspecified atom stereocenters. The van der Waals surface area contributed by atoms with Gasteiger partial charge in [-0.05, 0) is 36.8 Å². The predicted molar refractivity (Wildman–Crippen MR) is 83.7 cm³/mol. The highest BCUT2D eigenvalue weighted by atomic mass is 16.5. The summed E-state index contributed by atoms with van der Waals surface area (Å²) in [6, 6.07) is 16.2. The third-order valence-electron chi connectivity index (χ3n) is 3.85. The summed E-state index contributed by atoms with van der Waals surface area (Å²) in [5.74, 6) is 1.00. The molecule has 21 heavy (non-hydrogen) atoms. The van der Waals surface area contributed by atoms with Gasteiger partial charge in [-0.1, -0.05) is 23.8 Å². The average molecular weight is 278 g/mol. The lowest BCUT2D eigenvalue weighted by Gasteiger charge is -2.23. The molecule has 2 aromatic rings. The predicted octanol–water partition coefficient (Wildman–Crippen LogP) is 3.31. The van der Waals surface area contributed by atoms with Crippen LogP contribution in [0.3, 0.4) is 0 Å². The van der Waals surface area contributed by atoms with Crippen molar-refractivity contribution >= 4 is 5.69 Å². The third-order valence-corrected chi connectivity index (χ3v) is 3.85. The maximum Gasteiger partial charge on any atom is 0.123 e. The van der Waals surface area contributed by atoms with E-state index in [0.717, 1.165) is 24.4 Å². The topological polar surface area (TPSA) is 36.3 Å². The van der Waals surface area contributed by atoms with Crippen LogP contribution in [-0.2, 0) is 6.42 Å². The Kier molecular flexibility index (Phi) is 3.53. The maximum atomic E-state index is 8.98. The zero-order chi connectivity index (χ0) is 14.8. The first-order chi connectivity index (χ1) is 10.2. The molecule has 0 spiro atoms. The van der Waals surface area contributed by atoms with Crippen LogP contribution in [0.15, 0.2) is 42.5 Å². The number of anilines is 1. The standard InChI is InChI=1S/C18H18N2O/c1-13-6-7-18-15(8-13)10-17(21-18)12-20(2)16-5-3-4-14(9-16)11-19/h3-9,17H,10,12H2,1-2H3. The van der Waals surface area contributed by atoms with Crippen molar-refractivity contribution in [1.82, 2.24) is 0 Å². The maximum absolute atomic E-state index is 8.98. The van der Waals surface area contributed by atoms with Gasteiger partial charge in [0.25, 0.3) is 0 Å². The molecule has 0 saturated heterocycles. The molecule has 0 fully saturated rings. The second-order valence-electron chi connectivity index (χ2n) is 5.60. The largest absolute Gasteiger partial charge is 0.488 e. The Morgan fingerprint density at radius 2 is 2.14 bits per heavy atom. The second kappa shape index (κ2) is 5.49. The normalized spacial score (nSPS) is 16.0. The van der Waals surface area contributed by atoms with Crippen molar-refractivity contribution < 1.29 is 4.74 Å². The zero-order valence-electron chi connectivity index (χ0n) is 12.3. The Balaban J connectivity index is 1.69. The Bertz CT molecular complexity index is 703. The zero-order valence-corrected chi connectivity index (χ0v) is 12.3. The minimum Gasteiger partial charge on any atom is -0.488 e. The first kappa shape index (κ1) is 13.5. The van der Waals surface area contributed by atoms with Crippen molar-refractivity contribution in [3.05, 3.63) is 59.2 Å². The summed E-state index contributed by atoms with van der Waals surface area (Å²) >= 11 is 0. The van der Waals surface area contributed by atoms with E-state index in [2.05, 4.69) is 36.1 Å². The van der Waals surface area contributed by atoms with Gasteiger partial charge in [0, 0.05) is 19.2 Å². The lowest BCUT2D eigenvalue weighted by Crippen LogP contribution is -2.31. The van der Waals surface area contributed by atoms with Gasteiger partial charge in [0.2, 0.25) is 0 Å². The Hall–Kier alpha value is -2.47. The molecule has 2 aromatic carbocycles. The summed E-state index contributed by atoms with van der Waals surface area (Å²) in [5, 5.41) is 8.98. The fourth-order valence-electron chi connectivity index (χ4n) is 2.77. The molecule has 0 aliphatic carbocycles. The molecule has 1 atom stereocenters. The third kappa shape index (κ3) is 2.85. The smallest absolute Gasteiger partial charge is 0.123 e. The molecule has 0 amide bonds. The van der Waals surface area contributed by atoms with Gasteiger partial charge in [-0.15, -0.1) is 0 Å². The van der Waals surface area contributed by atoms with Gasteiger partial charge in [0.1, 0.15) is 11.9 Å². The van der Waals surface area contributed by atoms with Gasteiger partial charge in [-0.2, -0.15) is 5.26 Å². The van der Waals surface area contributed by atoms with Crippen LogP contribution in [0.1, 0.15) is 16.7 Å². The molecule has 1 aliphatic rings. The van der Waals surface area contributed by atoms with Crippen molar-refractivity contribution in [2.45, 2.75) is 19.4 Å². The molecular weight excluding hydrogens is 260 g/mol. The summed E-state index contributed by atoms with van der Waals surface area (Å²) in [6.45, 7) is 2.91. The van der Waals surface area contributed by atoms with Crippen molar-refractivity contribution in [1.29, 1.82) is 5.26 Å². The molecular formula is C18H18N2O. The average Bonchev–Trinajstić information content (AvgIpc) is 2.88. The molecule has 3 nitrogen and oxygen atoms in total. The van der Waals surface area contributed by atoms with Crippen molar-refractivity contribution in [3.63, 3.8) is 0 Å². The van der Waals surface area contributed by atoms with E-state index in [0.29, 0.717) is 5.56 Å².